The molecule has 7 nitrogen and oxygen atoms in total. The van der Waals surface area contributed by atoms with E-state index in [0.717, 1.165) is 6.42 Å². The van der Waals surface area contributed by atoms with Gasteiger partial charge in [-0.3, -0.25) is 9.59 Å². The SMILES string of the molecule is COC(=O)[C@H](CC[C@@H]1CCNC1=O)NC(=O)[C@@H](N)CC(C)C. The van der Waals surface area contributed by atoms with Gasteiger partial charge in [0.05, 0.1) is 13.2 Å². The van der Waals surface area contributed by atoms with Gasteiger partial charge < -0.3 is 21.1 Å². The van der Waals surface area contributed by atoms with Crippen molar-refractivity contribution in [3.05, 3.63) is 0 Å². The second-order valence-electron chi connectivity index (χ2n) is 6.17. The van der Waals surface area contributed by atoms with E-state index in [4.69, 9.17) is 10.5 Å². The van der Waals surface area contributed by atoms with Crippen molar-refractivity contribution in [1.82, 2.24) is 10.6 Å². The summed E-state index contributed by atoms with van der Waals surface area (Å²) in [6, 6.07) is -1.41. The monoisotopic (exact) mass is 313 g/mol. The Morgan fingerprint density at radius 2 is 2.14 bits per heavy atom. The van der Waals surface area contributed by atoms with Crippen LogP contribution in [-0.2, 0) is 19.1 Å². The normalized spacial score (nSPS) is 20.4. The Labute approximate surface area is 131 Å². The van der Waals surface area contributed by atoms with Crippen molar-refractivity contribution in [3.8, 4) is 0 Å². The predicted molar refractivity (Wildman–Crippen MR) is 81.7 cm³/mol. The second kappa shape index (κ2) is 8.73. The number of rotatable bonds is 8. The maximum Gasteiger partial charge on any atom is 0.328 e. The van der Waals surface area contributed by atoms with Crippen LogP contribution in [0.3, 0.4) is 0 Å². The molecule has 1 saturated heterocycles. The number of hydrogen-bond acceptors (Lipinski definition) is 5. The first kappa shape index (κ1) is 18.4. The number of carbonyl (C=O) groups excluding carboxylic acids is 3. The van der Waals surface area contributed by atoms with Gasteiger partial charge in [0.15, 0.2) is 0 Å². The summed E-state index contributed by atoms with van der Waals surface area (Å²) in [6.45, 7) is 4.62. The molecule has 1 rings (SSSR count). The molecular formula is C15H27N3O4. The Balaban J connectivity index is 2.54. The van der Waals surface area contributed by atoms with Crippen LogP contribution in [0.25, 0.3) is 0 Å². The lowest BCUT2D eigenvalue weighted by Crippen LogP contribution is -2.49. The molecule has 0 aromatic rings. The highest BCUT2D eigenvalue weighted by molar-refractivity contribution is 5.87. The van der Waals surface area contributed by atoms with E-state index in [1.165, 1.54) is 7.11 Å². The third-order valence-electron chi connectivity index (χ3n) is 3.83. The van der Waals surface area contributed by atoms with Gasteiger partial charge in [-0.2, -0.15) is 0 Å². The topological polar surface area (TPSA) is 111 Å². The van der Waals surface area contributed by atoms with Crippen molar-refractivity contribution in [2.45, 2.75) is 51.6 Å². The Morgan fingerprint density at radius 3 is 2.64 bits per heavy atom. The van der Waals surface area contributed by atoms with Crippen molar-refractivity contribution >= 4 is 17.8 Å². The minimum atomic E-state index is -0.760. The van der Waals surface area contributed by atoms with Gasteiger partial charge >= 0.3 is 5.97 Å². The third-order valence-corrected chi connectivity index (χ3v) is 3.83. The molecule has 0 unspecified atom stereocenters. The fourth-order valence-electron chi connectivity index (χ4n) is 2.57. The van der Waals surface area contributed by atoms with Gasteiger partial charge in [0.2, 0.25) is 11.8 Å². The van der Waals surface area contributed by atoms with Crippen molar-refractivity contribution in [2.24, 2.45) is 17.6 Å². The lowest BCUT2D eigenvalue weighted by Gasteiger charge is -2.20. The maximum absolute atomic E-state index is 12.0. The Hall–Kier alpha value is -1.63. The van der Waals surface area contributed by atoms with Crippen LogP contribution in [0.4, 0.5) is 0 Å². The van der Waals surface area contributed by atoms with E-state index < -0.39 is 18.1 Å². The summed E-state index contributed by atoms with van der Waals surface area (Å²) in [4.78, 5) is 35.4. The molecule has 2 amide bonds. The van der Waals surface area contributed by atoms with E-state index >= 15 is 0 Å². The highest BCUT2D eigenvalue weighted by Gasteiger charge is 2.29. The summed E-state index contributed by atoms with van der Waals surface area (Å²) in [5.74, 6) is -0.678. The van der Waals surface area contributed by atoms with E-state index in [9.17, 15) is 14.4 Å². The quantitative estimate of drug-likeness (QED) is 0.543. The highest BCUT2D eigenvalue weighted by Crippen LogP contribution is 2.17. The average Bonchev–Trinajstić information content (AvgIpc) is 2.86. The zero-order valence-electron chi connectivity index (χ0n) is 13.6. The molecule has 1 aliphatic rings. The Bertz CT molecular complexity index is 412. The van der Waals surface area contributed by atoms with Crippen LogP contribution in [0, 0.1) is 11.8 Å². The van der Waals surface area contributed by atoms with Gasteiger partial charge in [0.25, 0.3) is 0 Å². The molecule has 1 fully saturated rings. The van der Waals surface area contributed by atoms with Crippen LogP contribution < -0.4 is 16.4 Å². The fourth-order valence-corrected chi connectivity index (χ4v) is 2.57. The fraction of sp³-hybridized carbons (Fsp3) is 0.800. The number of carbonyl (C=O) groups is 3. The predicted octanol–water partition coefficient (Wildman–Crippen LogP) is -0.0661. The number of methoxy groups -OCH3 is 1. The van der Waals surface area contributed by atoms with Gasteiger partial charge in [-0.05, 0) is 31.6 Å². The average molecular weight is 313 g/mol. The number of nitrogens with one attached hydrogen (secondary N) is 2. The van der Waals surface area contributed by atoms with Crippen molar-refractivity contribution < 1.29 is 19.1 Å². The molecule has 3 atom stereocenters. The minimum absolute atomic E-state index is 0.00597. The first-order valence-electron chi connectivity index (χ1n) is 7.76. The van der Waals surface area contributed by atoms with Crippen molar-refractivity contribution in [1.29, 1.82) is 0 Å². The Morgan fingerprint density at radius 1 is 1.45 bits per heavy atom. The van der Waals surface area contributed by atoms with Crippen molar-refractivity contribution in [2.75, 3.05) is 13.7 Å². The number of esters is 1. The molecule has 0 saturated carbocycles. The molecule has 4 N–H and O–H groups in total. The molecule has 0 radical (unpaired) electrons. The molecule has 126 valence electrons. The van der Waals surface area contributed by atoms with E-state index in [2.05, 4.69) is 10.6 Å². The summed E-state index contributed by atoms with van der Waals surface area (Å²) in [5, 5.41) is 5.40. The molecule has 1 aliphatic heterocycles. The van der Waals surface area contributed by atoms with E-state index in [-0.39, 0.29) is 17.7 Å². The van der Waals surface area contributed by atoms with Crippen LogP contribution in [0.1, 0.15) is 39.5 Å². The van der Waals surface area contributed by atoms with Crippen LogP contribution in [0.2, 0.25) is 0 Å². The summed E-state index contributed by atoms with van der Waals surface area (Å²) in [5.41, 5.74) is 5.82. The minimum Gasteiger partial charge on any atom is -0.467 e. The number of ether oxygens (including phenoxy) is 1. The number of nitrogens with two attached hydrogens (primary N) is 1. The first-order chi connectivity index (χ1) is 10.3. The zero-order valence-corrected chi connectivity index (χ0v) is 13.6. The van der Waals surface area contributed by atoms with Gasteiger partial charge in [0.1, 0.15) is 6.04 Å². The standard InChI is InChI=1S/C15H27N3O4/c1-9(2)8-11(16)14(20)18-12(15(21)22-3)5-4-10-6-7-17-13(10)19/h9-12H,4-8,16H2,1-3H3,(H,17,19)(H,18,20)/t10-,11+,12+/m1/s1. The number of hydrogen-bond donors (Lipinski definition) is 3. The van der Waals surface area contributed by atoms with Crippen molar-refractivity contribution in [3.63, 3.8) is 0 Å². The van der Waals surface area contributed by atoms with Gasteiger partial charge in [-0.1, -0.05) is 13.8 Å². The van der Waals surface area contributed by atoms with Crippen LogP contribution >= 0.6 is 0 Å². The molecule has 0 aromatic carbocycles. The van der Waals surface area contributed by atoms with E-state index in [0.29, 0.717) is 31.7 Å². The third kappa shape index (κ3) is 5.63. The second-order valence-corrected chi connectivity index (χ2v) is 6.17. The van der Waals surface area contributed by atoms with Crippen LogP contribution in [0.15, 0.2) is 0 Å². The molecule has 0 aromatic heterocycles. The summed E-state index contributed by atoms with van der Waals surface area (Å²) in [7, 11) is 1.28. The van der Waals surface area contributed by atoms with E-state index in [1.54, 1.807) is 0 Å². The summed E-state index contributed by atoms with van der Waals surface area (Å²) >= 11 is 0. The van der Waals surface area contributed by atoms with E-state index in [1.807, 2.05) is 13.8 Å². The smallest absolute Gasteiger partial charge is 0.328 e. The maximum atomic E-state index is 12.0. The van der Waals surface area contributed by atoms with Gasteiger partial charge in [-0.15, -0.1) is 0 Å². The molecule has 0 bridgehead atoms. The summed E-state index contributed by atoms with van der Waals surface area (Å²) in [6.07, 6.45) is 2.20. The highest BCUT2D eigenvalue weighted by atomic mass is 16.5. The lowest BCUT2D eigenvalue weighted by molar-refractivity contribution is -0.145. The molecule has 0 aliphatic carbocycles. The van der Waals surface area contributed by atoms with Gasteiger partial charge in [-0.25, -0.2) is 4.79 Å². The van der Waals surface area contributed by atoms with Gasteiger partial charge in [0, 0.05) is 12.5 Å². The zero-order chi connectivity index (χ0) is 16.7. The molecule has 1 heterocycles. The van der Waals surface area contributed by atoms with Crippen LogP contribution in [0.5, 0.6) is 0 Å². The lowest BCUT2D eigenvalue weighted by atomic mass is 9.98. The molecule has 7 heteroatoms. The largest absolute Gasteiger partial charge is 0.467 e. The molecule has 22 heavy (non-hydrogen) atoms. The Kier molecular flexibility index (Phi) is 7.31. The summed E-state index contributed by atoms with van der Waals surface area (Å²) < 4.78 is 4.72. The molecular weight excluding hydrogens is 286 g/mol. The first-order valence-corrected chi connectivity index (χ1v) is 7.76. The van der Waals surface area contributed by atoms with Crippen LogP contribution in [-0.4, -0.2) is 43.5 Å². The molecule has 0 spiro atoms. The number of amides is 2.